The van der Waals surface area contributed by atoms with Crippen LogP contribution in [-0.2, 0) is 9.53 Å². The molecule has 3 heterocycles. The Kier molecular flexibility index (Phi) is 7.81. The lowest BCUT2D eigenvalue weighted by Gasteiger charge is -2.51. The Labute approximate surface area is 198 Å². The van der Waals surface area contributed by atoms with Gasteiger partial charge in [0.25, 0.3) is 0 Å². The van der Waals surface area contributed by atoms with E-state index in [-0.39, 0.29) is 29.6 Å². The molecule has 3 aliphatic heterocycles. The average molecular weight is 466 g/mol. The second-order valence-electron chi connectivity index (χ2n) is 11.3. The highest BCUT2D eigenvalue weighted by Crippen LogP contribution is 2.32. The van der Waals surface area contributed by atoms with E-state index in [0.29, 0.717) is 38.5 Å². The van der Waals surface area contributed by atoms with Crippen molar-refractivity contribution in [2.45, 2.75) is 83.9 Å². The quantitative estimate of drug-likeness (QED) is 0.690. The van der Waals surface area contributed by atoms with E-state index in [9.17, 15) is 14.4 Å². The Balaban J connectivity index is 1.46. The Morgan fingerprint density at radius 1 is 0.970 bits per heavy atom. The Hall–Kier alpha value is -2.03. The van der Waals surface area contributed by atoms with Gasteiger partial charge in [0.1, 0.15) is 5.60 Å². The van der Waals surface area contributed by atoms with Gasteiger partial charge in [-0.15, -0.1) is 0 Å². The van der Waals surface area contributed by atoms with Gasteiger partial charge in [-0.05, 0) is 66.2 Å². The first-order valence-electron chi connectivity index (χ1n) is 12.4. The van der Waals surface area contributed by atoms with Crippen molar-refractivity contribution in [1.82, 2.24) is 19.6 Å². The maximum atomic E-state index is 13.0. The first-order chi connectivity index (χ1) is 15.4. The summed E-state index contributed by atoms with van der Waals surface area (Å²) in [6.07, 6.45) is 3.83. The molecule has 0 aliphatic carbocycles. The molecule has 9 heteroatoms. The molecule has 0 spiro atoms. The smallest absolute Gasteiger partial charge is 0.410 e. The molecule has 3 fully saturated rings. The van der Waals surface area contributed by atoms with Gasteiger partial charge in [0.05, 0.1) is 0 Å². The molecule has 0 unspecified atom stereocenters. The number of likely N-dealkylation sites (tertiary alicyclic amines) is 2. The SMILES string of the molecule is C[C@H]1CN(C2(C)CCN(C(=O)OC(C)(C)C)CC2)CCN1C(=O)CC1CCN(C(N)=O)CC1. The second-order valence-corrected chi connectivity index (χ2v) is 11.3. The molecular formula is C24H43N5O4. The number of nitrogens with two attached hydrogens (primary N) is 1. The first-order valence-corrected chi connectivity index (χ1v) is 12.4. The molecule has 188 valence electrons. The fraction of sp³-hybridized carbons (Fsp3) is 0.875. The van der Waals surface area contributed by atoms with Gasteiger partial charge < -0.3 is 25.2 Å². The van der Waals surface area contributed by atoms with Gasteiger partial charge in [-0.3, -0.25) is 9.69 Å². The van der Waals surface area contributed by atoms with Gasteiger partial charge in [0, 0.05) is 63.8 Å². The third kappa shape index (κ3) is 6.52. The van der Waals surface area contributed by atoms with Gasteiger partial charge in [0.2, 0.25) is 5.91 Å². The number of rotatable bonds is 3. The van der Waals surface area contributed by atoms with Crippen molar-refractivity contribution in [2.24, 2.45) is 11.7 Å². The third-order valence-electron chi connectivity index (χ3n) is 7.59. The lowest BCUT2D eigenvalue weighted by atomic mass is 9.86. The maximum Gasteiger partial charge on any atom is 0.410 e. The molecule has 0 aromatic rings. The number of carbonyl (C=O) groups is 3. The summed E-state index contributed by atoms with van der Waals surface area (Å²) in [6, 6.07) is -0.201. The molecule has 2 N–H and O–H groups in total. The van der Waals surface area contributed by atoms with Crippen molar-refractivity contribution in [2.75, 3.05) is 45.8 Å². The molecule has 9 nitrogen and oxygen atoms in total. The van der Waals surface area contributed by atoms with Crippen LogP contribution in [0, 0.1) is 5.92 Å². The van der Waals surface area contributed by atoms with Crippen LogP contribution in [0.1, 0.15) is 66.7 Å². The van der Waals surface area contributed by atoms with Crippen molar-refractivity contribution < 1.29 is 19.1 Å². The number of amides is 4. The predicted octanol–water partition coefficient (Wildman–Crippen LogP) is 2.49. The van der Waals surface area contributed by atoms with E-state index < -0.39 is 5.60 Å². The highest BCUT2D eigenvalue weighted by Gasteiger charge is 2.41. The minimum Gasteiger partial charge on any atom is -0.444 e. The lowest BCUT2D eigenvalue weighted by Crippen LogP contribution is -2.63. The highest BCUT2D eigenvalue weighted by atomic mass is 16.6. The number of carbonyl (C=O) groups excluding carboxylic acids is 3. The zero-order chi connectivity index (χ0) is 24.4. The lowest BCUT2D eigenvalue weighted by molar-refractivity contribution is -0.139. The minimum atomic E-state index is -0.477. The molecule has 0 saturated carbocycles. The monoisotopic (exact) mass is 465 g/mol. The standard InChI is InChI=1S/C24H43N5O4/c1-18-17-28(24(5)8-12-27(13-9-24)22(32)33-23(2,3)4)14-15-29(18)20(30)16-19-6-10-26(11-7-19)21(25)31/h18-19H,6-17H2,1-5H3,(H2,25,31)/t18-/m0/s1. The molecule has 3 saturated heterocycles. The number of nitrogens with zero attached hydrogens (tertiary/aromatic N) is 4. The maximum absolute atomic E-state index is 13.0. The van der Waals surface area contributed by atoms with E-state index in [1.807, 2.05) is 30.6 Å². The summed E-state index contributed by atoms with van der Waals surface area (Å²) in [5, 5.41) is 0. The number of hydrogen-bond acceptors (Lipinski definition) is 5. The summed E-state index contributed by atoms with van der Waals surface area (Å²) >= 11 is 0. The highest BCUT2D eigenvalue weighted by molar-refractivity contribution is 5.77. The van der Waals surface area contributed by atoms with Crippen LogP contribution in [-0.4, -0.2) is 101 Å². The number of primary amides is 1. The number of ether oxygens (including phenoxy) is 1. The topological polar surface area (TPSA) is 99.4 Å². The summed E-state index contributed by atoms with van der Waals surface area (Å²) in [7, 11) is 0. The van der Waals surface area contributed by atoms with Crippen LogP contribution in [0.5, 0.6) is 0 Å². The third-order valence-corrected chi connectivity index (χ3v) is 7.59. The van der Waals surface area contributed by atoms with E-state index in [1.54, 1.807) is 4.90 Å². The van der Waals surface area contributed by atoms with Gasteiger partial charge in [0.15, 0.2) is 0 Å². The minimum absolute atomic E-state index is 0.0312. The van der Waals surface area contributed by atoms with Crippen molar-refractivity contribution in [3.05, 3.63) is 0 Å². The van der Waals surface area contributed by atoms with Gasteiger partial charge in [-0.2, -0.15) is 0 Å². The molecule has 0 radical (unpaired) electrons. The van der Waals surface area contributed by atoms with Gasteiger partial charge >= 0.3 is 12.1 Å². The predicted molar refractivity (Wildman–Crippen MR) is 127 cm³/mol. The van der Waals surface area contributed by atoms with E-state index in [4.69, 9.17) is 10.5 Å². The number of piperidine rings is 2. The molecule has 1 atom stereocenters. The molecule has 4 amide bonds. The molecule has 3 aliphatic rings. The molecule has 0 bridgehead atoms. The number of urea groups is 1. The first kappa shape index (κ1) is 25.6. The van der Waals surface area contributed by atoms with Crippen molar-refractivity contribution in [3.8, 4) is 0 Å². The summed E-state index contributed by atoms with van der Waals surface area (Å²) in [6.45, 7) is 15.3. The van der Waals surface area contributed by atoms with Crippen LogP contribution >= 0.6 is 0 Å². The molecule has 33 heavy (non-hydrogen) atoms. The average Bonchev–Trinajstić information content (AvgIpc) is 2.73. The van der Waals surface area contributed by atoms with Gasteiger partial charge in [-0.25, -0.2) is 9.59 Å². The Bertz CT molecular complexity index is 721. The van der Waals surface area contributed by atoms with E-state index >= 15 is 0 Å². The zero-order valence-electron chi connectivity index (χ0n) is 21.1. The molecular weight excluding hydrogens is 422 g/mol. The van der Waals surface area contributed by atoms with Crippen LogP contribution in [0.3, 0.4) is 0 Å². The second kappa shape index (κ2) is 10.1. The normalized spacial score (nSPS) is 25.1. The number of piperazine rings is 1. The van der Waals surface area contributed by atoms with Crippen LogP contribution in [0.4, 0.5) is 9.59 Å². The van der Waals surface area contributed by atoms with E-state index in [0.717, 1.165) is 45.3 Å². The molecule has 3 rings (SSSR count). The van der Waals surface area contributed by atoms with Gasteiger partial charge in [-0.1, -0.05) is 0 Å². The van der Waals surface area contributed by atoms with Crippen LogP contribution in [0.2, 0.25) is 0 Å². The fourth-order valence-electron chi connectivity index (χ4n) is 5.35. The van der Waals surface area contributed by atoms with Crippen LogP contribution in [0.15, 0.2) is 0 Å². The fourth-order valence-corrected chi connectivity index (χ4v) is 5.35. The van der Waals surface area contributed by atoms with E-state index in [1.165, 1.54) is 0 Å². The summed E-state index contributed by atoms with van der Waals surface area (Å²) < 4.78 is 5.53. The largest absolute Gasteiger partial charge is 0.444 e. The van der Waals surface area contributed by atoms with Crippen molar-refractivity contribution in [1.29, 1.82) is 0 Å². The van der Waals surface area contributed by atoms with Crippen LogP contribution < -0.4 is 5.73 Å². The summed E-state index contributed by atoms with van der Waals surface area (Å²) in [4.78, 5) is 44.8. The molecule has 0 aromatic carbocycles. The van der Waals surface area contributed by atoms with Crippen LogP contribution in [0.25, 0.3) is 0 Å². The van der Waals surface area contributed by atoms with Crippen molar-refractivity contribution in [3.63, 3.8) is 0 Å². The summed E-state index contributed by atoms with van der Waals surface area (Å²) in [5.41, 5.74) is 4.92. The zero-order valence-corrected chi connectivity index (χ0v) is 21.1. The van der Waals surface area contributed by atoms with Crippen molar-refractivity contribution >= 4 is 18.0 Å². The van der Waals surface area contributed by atoms with E-state index in [2.05, 4.69) is 18.7 Å². The Morgan fingerprint density at radius 3 is 2.09 bits per heavy atom. The molecule has 0 aromatic heterocycles. The number of hydrogen-bond donors (Lipinski definition) is 1. The Morgan fingerprint density at radius 2 is 1.58 bits per heavy atom. The summed E-state index contributed by atoms with van der Waals surface area (Å²) in [5.74, 6) is 0.553.